The van der Waals surface area contributed by atoms with Crippen LogP contribution in [0.1, 0.15) is 19.5 Å². The van der Waals surface area contributed by atoms with Crippen LogP contribution in [-0.4, -0.2) is 17.1 Å². The van der Waals surface area contributed by atoms with Crippen LogP contribution in [0.25, 0.3) is 11.4 Å². The number of ether oxygens (including phenoxy) is 1. The zero-order valence-electron chi connectivity index (χ0n) is 12.0. The molecular formula is C15H16BrClN2O2. The molecule has 0 saturated carbocycles. The Balaban J connectivity index is 2.65. The predicted molar refractivity (Wildman–Crippen MR) is 88.1 cm³/mol. The molecule has 4 nitrogen and oxygen atoms in total. The third-order valence-electron chi connectivity index (χ3n) is 2.97. The van der Waals surface area contributed by atoms with Crippen molar-refractivity contribution in [3.63, 3.8) is 0 Å². The highest BCUT2D eigenvalue weighted by Gasteiger charge is 2.16. The van der Waals surface area contributed by atoms with Crippen molar-refractivity contribution >= 4 is 27.5 Å². The quantitative estimate of drug-likeness (QED) is 0.882. The van der Waals surface area contributed by atoms with Crippen molar-refractivity contribution in [1.29, 1.82) is 0 Å². The fraction of sp³-hybridized carbons (Fsp3) is 0.333. The fourth-order valence-corrected chi connectivity index (χ4v) is 2.66. The smallest absolute Gasteiger partial charge is 0.265 e. The predicted octanol–water partition coefficient (Wildman–Crippen LogP) is 4.06. The van der Waals surface area contributed by atoms with Crippen molar-refractivity contribution in [3.05, 3.63) is 43.7 Å². The average molecular weight is 372 g/mol. The molecule has 21 heavy (non-hydrogen) atoms. The van der Waals surface area contributed by atoms with Crippen molar-refractivity contribution in [2.75, 3.05) is 7.11 Å². The lowest BCUT2D eigenvalue weighted by Crippen LogP contribution is -2.15. The van der Waals surface area contributed by atoms with Gasteiger partial charge in [0, 0.05) is 0 Å². The Labute approximate surface area is 136 Å². The van der Waals surface area contributed by atoms with E-state index in [1.54, 1.807) is 25.3 Å². The monoisotopic (exact) mass is 370 g/mol. The molecule has 0 aliphatic heterocycles. The molecule has 1 heterocycles. The van der Waals surface area contributed by atoms with E-state index in [-0.39, 0.29) is 5.56 Å². The molecule has 0 aliphatic carbocycles. The fourth-order valence-electron chi connectivity index (χ4n) is 2.05. The summed E-state index contributed by atoms with van der Waals surface area (Å²) >= 11 is 9.54. The van der Waals surface area contributed by atoms with E-state index in [1.165, 1.54) is 0 Å². The van der Waals surface area contributed by atoms with E-state index < -0.39 is 0 Å². The molecule has 2 rings (SSSR count). The van der Waals surface area contributed by atoms with Crippen molar-refractivity contribution < 1.29 is 4.74 Å². The Hall–Kier alpha value is -1.33. The van der Waals surface area contributed by atoms with Gasteiger partial charge < -0.3 is 9.72 Å². The summed E-state index contributed by atoms with van der Waals surface area (Å²) in [7, 11) is 1.56. The lowest BCUT2D eigenvalue weighted by atomic mass is 10.1. The number of benzene rings is 1. The lowest BCUT2D eigenvalue weighted by molar-refractivity contribution is 0.416. The first kappa shape index (κ1) is 16.0. The van der Waals surface area contributed by atoms with E-state index >= 15 is 0 Å². The summed E-state index contributed by atoms with van der Waals surface area (Å²) in [6.07, 6.45) is 0.699. The van der Waals surface area contributed by atoms with Gasteiger partial charge in [-0.1, -0.05) is 31.5 Å². The number of halogens is 2. The van der Waals surface area contributed by atoms with E-state index in [9.17, 15) is 4.79 Å². The van der Waals surface area contributed by atoms with Gasteiger partial charge >= 0.3 is 0 Å². The summed E-state index contributed by atoms with van der Waals surface area (Å²) in [5, 5.41) is 0.482. The summed E-state index contributed by atoms with van der Waals surface area (Å²) in [5.74, 6) is 1.38. The maximum absolute atomic E-state index is 12.1. The zero-order chi connectivity index (χ0) is 15.6. The Bertz CT molecular complexity index is 713. The molecular weight excluding hydrogens is 356 g/mol. The second-order valence-electron chi connectivity index (χ2n) is 5.09. The Morgan fingerprint density at radius 2 is 2.14 bits per heavy atom. The maximum atomic E-state index is 12.1. The third kappa shape index (κ3) is 3.47. The van der Waals surface area contributed by atoms with Gasteiger partial charge in [-0.2, -0.15) is 0 Å². The van der Waals surface area contributed by atoms with Crippen LogP contribution in [0.3, 0.4) is 0 Å². The van der Waals surface area contributed by atoms with Crippen LogP contribution < -0.4 is 10.3 Å². The normalized spacial score (nSPS) is 11.0. The van der Waals surface area contributed by atoms with Gasteiger partial charge in [0.25, 0.3) is 5.56 Å². The van der Waals surface area contributed by atoms with Gasteiger partial charge in [0.1, 0.15) is 16.0 Å². The molecule has 112 valence electrons. The Morgan fingerprint density at radius 3 is 2.76 bits per heavy atom. The standard InChI is InChI=1S/C15H16BrClN2O2/c1-8(2)7-10-13(16)15(20)19-14(18-10)12-9(17)5-4-6-11(12)21-3/h4-6,8H,7H2,1-3H3,(H,18,19,20). The molecule has 0 atom stereocenters. The van der Waals surface area contributed by atoms with Gasteiger partial charge in [-0.05, 0) is 40.4 Å². The van der Waals surface area contributed by atoms with Crippen molar-refractivity contribution in [2.45, 2.75) is 20.3 Å². The third-order valence-corrected chi connectivity index (χ3v) is 4.10. The van der Waals surface area contributed by atoms with Crippen LogP contribution in [0.5, 0.6) is 5.75 Å². The second kappa shape index (κ2) is 6.62. The summed E-state index contributed by atoms with van der Waals surface area (Å²) in [4.78, 5) is 19.4. The first-order chi connectivity index (χ1) is 9.93. The van der Waals surface area contributed by atoms with Crippen LogP contribution in [0.2, 0.25) is 5.02 Å². The largest absolute Gasteiger partial charge is 0.496 e. The van der Waals surface area contributed by atoms with Crippen molar-refractivity contribution in [3.8, 4) is 17.1 Å². The van der Waals surface area contributed by atoms with Crippen LogP contribution in [0, 0.1) is 5.92 Å². The van der Waals surface area contributed by atoms with Crippen LogP contribution in [0.4, 0.5) is 0 Å². The molecule has 0 aliphatic rings. The summed E-state index contributed by atoms with van der Waals surface area (Å²) in [6.45, 7) is 4.15. The number of hydrogen-bond acceptors (Lipinski definition) is 3. The highest BCUT2D eigenvalue weighted by molar-refractivity contribution is 9.10. The number of nitrogens with zero attached hydrogens (tertiary/aromatic N) is 1. The minimum atomic E-state index is -0.224. The number of aromatic nitrogens is 2. The van der Waals surface area contributed by atoms with E-state index in [0.29, 0.717) is 44.7 Å². The number of rotatable bonds is 4. The summed E-state index contributed by atoms with van der Waals surface area (Å²) in [5.41, 5.74) is 1.08. The minimum absolute atomic E-state index is 0.224. The number of aromatic amines is 1. The van der Waals surface area contributed by atoms with Gasteiger partial charge in [-0.15, -0.1) is 0 Å². The molecule has 6 heteroatoms. The number of hydrogen-bond donors (Lipinski definition) is 1. The van der Waals surface area contributed by atoms with Gasteiger partial charge in [-0.3, -0.25) is 4.79 Å². The average Bonchev–Trinajstić information content (AvgIpc) is 2.42. The molecule has 0 radical (unpaired) electrons. The number of nitrogens with one attached hydrogen (secondary N) is 1. The van der Waals surface area contributed by atoms with E-state index in [1.807, 2.05) is 0 Å². The lowest BCUT2D eigenvalue weighted by Gasteiger charge is -2.12. The summed E-state index contributed by atoms with van der Waals surface area (Å²) in [6, 6.07) is 5.31. The molecule has 1 N–H and O–H groups in total. The van der Waals surface area contributed by atoms with E-state index in [0.717, 1.165) is 0 Å². The van der Waals surface area contributed by atoms with Crippen molar-refractivity contribution in [1.82, 2.24) is 9.97 Å². The van der Waals surface area contributed by atoms with E-state index in [4.69, 9.17) is 16.3 Å². The summed E-state index contributed by atoms with van der Waals surface area (Å²) < 4.78 is 5.78. The first-order valence-electron chi connectivity index (χ1n) is 6.55. The van der Waals surface area contributed by atoms with Gasteiger partial charge in [0.05, 0.1) is 23.4 Å². The van der Waals surface area contributed by atoms with Gasteiger partial charge in [0.2, 0.25) is 0 Å². The maximum Gasteiger partial charge on any atom is 0.265 e. The molecule has 0 spiro atoms. The highest BCUT2D eigenvalue weighted by atomic mass is 79.9. The molecule has 0 amide bonds. The van der Waals surface area contributed by atoms with Crippen LogP contribution in [0.15, 0.2) is 27.5 Å². The molecule has 0 fully saturated rings. The SMILES string of the molecule is COc1cccc(Cl)c1-c1nc(CC(C)C)c(Br)c(=O)[nH]1. The molecule has 1 aromatic heterocycles. The molecule has 2 aromatic rings. The topological polar surface area (TPSA) is 55.0 Å². The second-order valence-corrected chi connectivity index (χ2v) is 6.29. The molecule has 0 saturated heterocycles. The molecule has 1 aromatic carbocycles. The highest BCUT2D eigenvalue weighted by Crippen LogP contribution is 2.34. The Kier molecular flexibility index (Phi) is 5.06. The van der Waals surface area contributed by atoms with Crippen molar-refractivity contribution in [2.24, 2.45) is 5.92 Å². The minimum Gasteiger partial charge on any atom is -0.496 e. The zero-order valence-corrected chi connectivity index (χ0v) is 14.4. The first-order valence-corrected chi connectivity index (χ1v) is 7.72. The number of H-pyrrole nitrogens is 1. The number of methoxy groups -OCH3 is 1. The Morgan fingerprint density at radius 1 is 1.43 bits per heavy atom. The van der Waals surface area contributed by atoms with Crippen LogP contribution >= 0.6 is 27.5 Å². The van der Waals surface area contributed by atoms with Gasteiger partial charge in [0.15, 0.2) is 0 Å². The molecule has 0 bridgehead atoms. The van der Waals surface area contributed by atoms with Gasteiger partial charge in [-0.25, -0.2) is 4.98 Å². The van der Waals surface area contributed by atoms with Crippen LogP contribution in [-0.2, 0) is 6.42 Å². The van der Waals surface area contributed by atoms with E-state index in [2.05, 4.69) is 39.7 Å². The molecule has 0 unspecified atom stereocenters.